The molecule has 1 saturated heterocycles. The van der Waals surface area contributed by atoms with Crippen LogP contribution in [0.4, 0.5) is 10.1 Å². The maximum Gasteiger partial charge on any atom is 0.306 e. The summed E-state index contributed by atoms with van der Waals surface area (Å²) in [6, 6.07) is 4.04. The Morgan fingerprint density at radius 1 is 1.57 bits per heavy atom. The van der Waals surface area contributed by atoms with Gasteiger partial charge >= 0.3 is 11.7 Å². The van der Waals surface area contributed by atoms with Crippen LogP contribution < -0.4 is 0 Å². The molecule has 1 fully saturated rings. The van der Waals surface area contributed by atoms with E-state index in [1.54, 1.807) is 0 Å². The average molecular weight is 298 g/mol. The highest BCUT2D eigenvalue weighted by Gasteiger charge is 2.25. The number of halogens is 1. The van der Waals surface area contributed by atoms with Gasteiger partial charge in [-0.05, 0) is 0 Å². The minimum Gasteiger partial charge on any atom is -0.481 e. The van der Waals surface area contributed by atoms with Gasteiger partial charge in [0.2, 0.25) is 5.82 Å². The first-order valence-corrected chi connectivity index (χ1v) is 6.45. The molecule has 0 aromatic heterocycles. The SMILES string of the molecule is O=C(O)CC1CN(Cc2cccc([N+](=O)[O-])c2F)CCO1. The molecular weight excluding hydrogens is 283 g/mol. The molecule has 8 heteroatoms. The van der Waals surface area contributed by atoms with Crippen molar-refractivity contribution in [3.8, 4) is 0 Å². The fourth-order valence-corrected chi connectivity index (χ4v) is 2.31. The van der Waals surface area contributed by atoms with Crippen molar-refractivity contribution in [3.63, 3.8) is 0 Å². The fraction of sp³-hybridized carbons (Fsp3) is 0.462. The summed E-state index contributed by atoms with van der Waals surface area (Å²) in [5.74, 6) is -1.80. The van der Waals surface area contributed by atoms with Gasteiger partial charge in [-0.2, -0.15) is 4.39 Å². The summed E-state index contributed by atoms with van der Waals surface area (Å²) in [4.78, 5) is 22.5. The van der Waals surface area contributed by atoms with Crippen molar-refractivity contribution >= 4 is 11.7 Å². The number of hydrogen-bond acceptors (Lipinski definition) is 5. The van der Waals surface area contributed by atoms with Gasteiger partial charge in [0.05, 0.1) is 24.1 Å². The zero-order valence-corrected chi connectivity index (χ0v) is 11.2. The van der Waals surface area contributed by atoms with Crippen molar-refractivity contribution in [1.29, 1.82) is 0 Å². The first-order chi connectivity index (χ1) is 9.97. The molecule has 0 amide bonds. The zero-order valence-electron chi connectivity index (χ0n) is 11.2. The molecule has 1 aromatic rings. The minimum absolute atomic E-state index is 0.117. The number of morpholine rings is 1. The topological polar surface area (TPSA) is 92.9 Å². The quantitative estimate of drug-likeness (QED) is 0.652. The largest absolute Gasteiger partial charge is 0.481 e. The highest BCUT2D eigenvalue weighted by molar-refractivity contribution is 5.67. The molecule has 1 unspecified atom stereocenters. The van der Waals surface area contributed by atoms with Crippen LogP contribution in [0.15, 0.2) is 18.2 Å². The van der Waals surface area contributed by atoms with Crippen LogP contribution in [-0.4, -0.2) is 46.7 Å². The van der Waals surface area contributed by atoms with Crippen molar-refractivity contribution in [2.45, 2.75) is 19.1 Å². The van der Waals surface area contributed by atoms with Gasteiger partial charge in [-0.15, -0.1) is 0 Å². The highest BCUT2D eigenvalue weighted by atomic mass is 19.1. The third-order valence-corrected chi connectivity index (χ3v) is 3.27. The number of nitro groups is 1. The number of nitrogens with zero attached hydrogens (tertiary/aromatic N) is 2. The fourth-order valence-electron chi connectivity index (χ4n) is 2.31. The lowest BCUT2D eigenvalue weighted by Gasteiger charge is -2.32. The number of carboxylic acids is 1. The second-order valence-electron chi connectivity index (χ2n) is 4.83. The molecule has 0 spiro atoms. The van der Waals surface area contributed by atoms with Crippen LogP contribution in [-0.2, 0) is 16.1 Å². The van der Waals surface area contributed by atoms with Crippen LogP contribution in [0.1, 0.15) is 12.0 Å². The van der Waals surface area contributed by atoms with E-state index in [1.807, 2.05) is 4.90 Å². The molecule has 0 saturated carbocycles. The Morgan fingerprint density at radius 3 is 3.00 bits per heavy atom. The normalized spacial score (nSPS) is 19.4. The second-order valence-corrected chi connectivity index (χ2v) is 4.83. The van der Waals surface area contributed by atoms with Gasteiger partial charge < -0.3 is 9.84 Å². The molecule has 1 aliphatic heterocycles. The van der Waals surface area contributed by atoms with Crippen LogP contribution in [0.3, 0.4) is 0 Å². The van der Waals surface area contributed by atoms with Crippen molar-refractivity contribution in [3.05, 3.63) is 39.7 Å². The lowest BCUT2D eigenvalue weighted by Crippen LogP contribution is -2.42. The Labute approximate surface area is 120 Å². The van der Waals surface area contributed by atoms with Gasteiger partial charge in [-0.1, -0.05) is 12.1 Å². The monoisotopic (exact) mass is 298 g/mol. The Hall–Kier alpha value is -2.06. The van der Waals surface area contributed by atoms with E-state index >= 15 is 0 Å². The first kappa shape index (κ1) is 15.3. The number of carbonyl (C=O) groups is 1. The van der Waals surface area contributed by atoms with Crippen LogP contribution in [0, 0.1) is 15.9 Å². The van der Waals surface area contributed by atoms with E-state index in [0.29, 0.717) is 19.7 Å². The molecular formula is C13H15FN2O5. The van der Waals surface area contributed by atoms with Crippen LogP contribution in [0.25, 0.3) is 0 Å². The van der Waals surface area contributed by atoms with Gasteiger partial charge in [0.1, 0.15) is 0 Å². The van der Waals surface area contributed by atoms with Crippen LogP contribution >= 0.6 is 0 Å². The molecule has 0 aliphatic carbocycles. The standard InChI is InChI=1S/C13H15FN2O5/c14-13-9(2-1-3-11(13)16(19)20)7-15-4-5-21-10(8-15)6-12(17)18/h1-3,10H,4-8H2,(H,17,18). The molecule has 1 aliphatic rings. The third-order valence-electron chi connectivity index (χ3n) is 3.27. The number of aliphatic carboxylic acids is 1. The summed E-state index contributed by atoms with van der Waals surface area (Å²) >= 11 is 0. The van der Waals surface area contributed by atoms with Crippen molar-refractivity contribution in [2.75, 3.05) is 19.7 Å². The predicted octanol–water partition coefficient (Wildman–Crippen LogP) is 1.41. The third kappa shape index (κ3) is 3.96. The molecule has 7 nitrogen and oxygen atoms in total. The Morgan fingerprint density at radius 2 is 2.33 bits per heavy atom. The summed E-state index contributed by atoms with van der Waals surface area (Å²) in [6.07, 6.45) is -0.563. The van der Waals surface area contributed by atoms with Crippen LogP contribution in [0.5, 0.6) is 0 Å². The van der Waals surface area contributed by atoms with Gasteiger partial charge in [-0.25, -0.2) is 0 Å². The van der Waals surface area contributed by atoms with E-state index in [0.717, 1.165) is 6.07 Å². The van der Waals surface area contributed by atoms with Crippen LogP contribution in [0.2, 0.25) is 0 Å². The van der Waals surface area contributed by atoms with E-state index in [1.165, 1.54) is 12.1 Å². The molecule has 0 radical (unpaired) electrons. The summed E-state index contributed by atoms with van der Waals surface area (Å²) < 4.78 is 19.3. The van der Waals surface area contributed by atoms with E-state index in [4.69, 9.17) is 9.84 Å². The lowest BCUT2D eigenvalue weighted by atomic mass is 10.1. The number of rotatable bonds is 5. The van der Waals surface area contributed by atoms with Gasteiger partial charge in [0, 0.05) is 31.3 Å². The van der Waals surface area contributed by atoms with E-state index < -0.39 is 28.5 Å². The number of carboxylic acid groups (broad SMARTS) is 1. The van der Waals surface area contributed by atoms with Crippen molar-refractivity contribution in [1.82, 2.24) is 4.90 Å². The molecule has 114 valence electrons. The predicted molar refractivity (Wildman–Crippen MR) is 70.3 cm³/mol. The van der Waals surface area contributed by atoms with E-state index in [-0.39, 0.29) is 18.5 Å². The lowest BCUT2D eigenvalue weighted by molar-refractivity contribution is -0.387. The Kier molecular flexibility index (Phi) is 4.81. The Balaban J connectivity index is 2.06. The smallest absolute Gasteiger partial charge is 0.306 e. The van der Waals surface area contributed by atoms with E-state index in [9.17, 15) is 19.3 Å². The van der Waals surface area contributed by atoms with Crippen molar-refractivity contribution < 1.29 is 24.0 Å². The second kappa shape index (κ2) is 6.59. The summed E-state index contributed by atoms with van der Waals surface area (Å²) in [5.41, 5.74) is -0.331. The molecule has 1 N–H and O–H groups in total. The maximum absolute atomic E-state index is 14.0. The molecule has 0 bridgehead atoms. The van der Waals surface area contributed by atoms with E-state index in [2.05, 4.69) is 0 Å². The Bertz CT molecular complexity index is 551. The highest BCUT2D eigenvalue weighted by Crippen LogP contribution is 2.22. The molecule has 1 atom stereocenters. The average Bonchev–Trinajstić information content (AvgIpc) is 2.40. The van der Waals surface area contributed by atoms with Gasteiger partial charge in [0.25, 0.3) is 0 Å². The zero-order chi connectivity index (χ0) is 15.4. The van der Waals surface area contributed by atoms with Crippen molar-refractivity contribution in [2.24, 2.45) is 0 Å². The molecule has 2 rings (SSSR count). The minimum atomic E-state index is -0.955. The van der Waals surface area contributed by atoms with Gasteiger partial charge in [0.15, 0.2) is 0 Å². The summed E-state index contributed by atoms with van der Waals surface area (Å²) in [6.45, 7) is 1.42. The number of nitro benzene ring substituents is 1. The number of hydrogen-bond donors (Lipinski definition) is 1. The van der Waals surface area contributed by atoms with Gasteiger partial charge in [-0.3, -0.25) is 19.8 Å². The molecule has 1 aromatic carbocycles. The molecule has 21 heavy (non-hydrogen) atoms. The number of benzene rings is 1. The number of ether oxygens (including phenoxy) is 1. The first-order valence-electron chi connectivity index (χ1n) is 6.45. The maximum atomic E-state index is 14.0. The summed E-state index contributed by atoms with van der Waals surface area (Å²) in [5, 5.41) is 19.5. The molecule has 1 heterocycles. The summed E-state index contributed by atoms with van der Waals surface area (Å²) in [7, 11) is 0.